The van der Waals surface area contributed by atoms with E-state index in [0.717, 1.165) is 21.3 Å². The van der Waals surface area contributed by atoms with Crippen molar-refractivity contribution in [1.29, 1.82) is 0 Å². The number of carbonyl (C=O) groups excluding carboxylic acids is 1. The first-order valence-electron chi connectivity index (χ1n) is 8.06. The quantitative estimate of drug-likeness (QED) is 0.560. The average Bonchev–Trinajstić information content (AvgIpc) is 3.31. The fourth-order valence-electron chi connectivity index (χ4n) is 2.76. The van der Waals surface area contributed by atoms with Gasteiger partial charge in [0.2, 0.25) is 0 Å². The van der Waals surface area contributed by atoms with E-state index in [2.05, 4.69) is 15.4 Å². The minimum absolute atomic E-state index is 0.145. The van der Waals surface area contributed by atoms with E-state index in [1.54, 1.807) is 11.0 Å². The van der Waals surface area contributed by atoms with Crippen molar-refractivity contribution >= 4 is 38.9 Å². The van der Waals surface area contributed by atoms with E-state index in [4.69, 9.17) is 11.6 Å². The Morgan fingerprint density at radius 1 is 1.19 bits per heavy atom. The second-order valence-electron chi connectivity index (χ2n) is 5.87. The molecule has 130 valence electrons. The Kier molecular flexibility index (Phi) is 4.44. The third-order valence-corrected chi connectivity index (χ3v) is 5.84. The first-order chi connectivity index (χ1) is 12.6. The van der Waals surface area contributed by atoms with Crippen LogP contribution in [0.3, 0.4) is 0 Å². The molecule has 0 fully saturated rings. The number of aromatic nitrogens is 3. The highest BCUT2D eigenvalue weighted by Gasteiger charge is 2.19. The van der Waals surface area contributed by atoms with Gasteiger partial charge in [-0.2, -0.15) is 5.10 Å². The van der Waals surface area contributed by atoms with Crippen LogP contribution in [0.4, 0.5) is 0 Å². The molecule has 26 heavy (non-hydrogen) atoms. The molecule has 2 aromatic heterocycles. The summed E-state index contributed by atoms with van der Waals surface area (Å²) in [5, 5.41) is 8.55. The highest BCUT2D eigenvalue weighted by atomic mass is 35.5. The smallest absolute Gasteiger partial charge is 0.263 e. The number of hydrogen-bond acceptors (Lipinski definition) is 4. The lowest BCUT2D eigenvalue weighted by molar-refractivity contribution is 0.0944. The Morgan fingerprint density at radius 3 is 2.65 bits per heavy atom. The SMILES string of the molecule is CC(NC(=O)c1sc2ccccc2c1Cl)c1ccc(-n2cncn2)cc1. The van der Waals surface area contributed by atoms with Crippen LogP contribution in [0.25, 0.3) is 15.8 Å². The van der Waals surface area contributed by atoms with Crippen molar-refractivity contribution in [2.24, 2.45) is 0 Å². The molecule has 4 rings (SSSR count). The molecule has 0 saturated carbocycles. The number of carbonyl (C=O) groups is 1. The summed E-state index contributed by atoms with van der Waals surface area (Å²) in [6, 6.07) is 15.4. The van der Waals surface area contributed by atoms with Crippen molar-refractivity contribution in [3.63, 3.8) is 0 Å². The molecule has 0 aliphatic rings. The van der Waals surface area contributed by atoms with Crippen LogP contribution in [0.15, 0.2) is 61.2 Å². The van der Waals surface area contributed by atoms with Crippen LogP contribution in [-0.2, 0) is 0 Å². The number of halogens is 1. The predicted octanol–water partition coefficient (Wildman–Crippen LogP) is 4.63. The summed E-state index contributed by atoms with van der Waals surface area (Å²) < 4.78 is 2.69. The zero-order valence-corrected chi connectivity index (χ0v) is 15.5. The van der Waals surface area contributed by atoms with Crippen molar-refractivity contribution in [3.8, 4) is 5.69 Å². The summed E-state index contributed by atoms with van der Waals surface area (Å²) in [7, 11) is 0. The number of amides is 1. The summed E-state index contributed by atoms with van der Waals surface area (Å²) in [5.41, 5.74) is 1.91. The van der Waals surface area contributed by atoms with E-state index < -0.39 is 0 Å². The summed E-state index contributed by atoms with van der Waals surface area (Å²) in [6.07, 6.45) is 3.13. The number of benzene rings is 2. The monoisotopic (exact) mass is 382 g/mol. The lowest BCUT2D eigenvalue weighted by Gasteiger charge is -2.14. The van der Waals surface area contributed by atoms with Gasteiger partial charge in [0, 0.05) is 10.1 Å². The molecule has 1 N–H and O–H groups in total. The van der Waals surface area contributed by atoms with E-state index >= 15 is 0 Å². The molecular weight excluding hydrogens is 368 g/mol. The molecule has 0 bridgehead atoms. The predicted molar refractivity (Wildman–Crippen MR) is 104 cm³/mol. The van der Waals surface area contributed by atoms with Gasteiger partial charge in [0.05, 0.1) is 16.8 Å². The molecule has 1 amide bonds. The molecule has 0 aliphatic heterocycles. The van der Waals surface area contributed by atoms with Gasteiger partial charge in [-0.05, 0) is 30.7 Å². The van der Waals surface area contributed by atoms with E-state index in [1.165, 1.54) is 17.7 Å². The van der Waals surface area contributed by atoms with Gasteiger partial charge in [0.25, 0.3) is 5.91 Å². The highest BCUT2D eigenvalue weighted by Crippen LogP contribution is 2.35. The first kappa shape index (κ1) is 16.8. The Hall–Kier alpha value is -2.70. The molecule has 4 aromatic rings. The second kappa shape index (κ2) is 6.90. The van der Waals surface area contributed by atoms with Crippen LogP contribution in [0.1, 0.15) is 28.2 Å². The molecule has 1 atom stereocenters. The molecule has 0 spiro atoms. The van der Waals surface area contributed by atoms with Crippen molar-refractivity contribution in [3.05, 3.63) is 76.6 Å². The Morgan fingerprint density at radius 2 is 1.96 bits per heavy atom. The van der Waals surface area contributed by atoms with Crippen LogP contribution in [0, 0.1) is 0 Å². The lowest BCUT2D eigenvalue weighted by Crippen LogP contribution is -2.26. The molecule has 5 nitrogen and oxygen atoms in total. The fraction of sp³-hybridized carbons (Fsp3) is 0.105. The van der Waals surface area contributed by atoms with E-state index in [1.807, 2.05) is 55.5 Å². The lowest BCUT2D eigenvalue weighted by atomic mass is 10.1. The summed E-state index contributed by atoms with van der Waals surface area (Å²) in [6.45, 7) is 1.95. The highest BCUT2D eigenvalue weighted by molar-refractivity contribution is 7.21. The molecule has 0 aliphatic carbocycles. The number of fused-ring (bicyclic) bond motifs is 1. The van der Waals surface area contributed by atoms with Crippen LogP contribution in [0.5, 0.6) is 0 Å². The normalized spacial score (nSPS) is 12.2. The Labute approximate surface area is 159 Å². The van der Waals surface area contributed by atoms with Gasteiger partial charge in [0.15, 0.2) is 0 Å². The summed E-state index contributed by atoms with van der Waals surface area (Å²) >= 11 is 7.80. The van der Waals surface area contributed by atoms with Crippen molar-refractivity contribution in [1.82, 2.24) is 20.1 Å². The van der Waals surface area contributed by atoms with Gasteiger partial charge < -0.3 is 5.32 Å². The third-order valence-electron chi connectivity index (χ3n) is 4.17. The van der Waals surface area contributed by atoms with Gasteiger partial charge in [-0.25, -0.2) is 9.67 Å². The Balaban J connectivity index is 1.52. The minimum Gasteiger partial charge on any atom is -0.345 e. The molecule has 7 heteroatoms. The summed E-state index contributed by atoms with van der Waals surface area (Å²) in [5.74, 6) is -0.163. The number of nitrogens with zero attached hydrogens (tertiary/aromatic N) is 3. The number of nitrogens with one attached hydrogen (secondary N) is 1. The second-order valence-corrected chi connectivity index (χ2v) is 7.30. The van der Waals surface area contributed by atoms with E-state index in [0.29, 0.717) is 9.90 Å². The average molecular weight is 383 g/mol. The molecule has 2 aromatic carbocycles. The van der Waals surface area contributed by atoms with Crippen LogP contribution >= 0.6 is 22.9 Å². The maximum absolute atomic E-state index is 12.7. The number of hydrogen-bond donors (Lipinski definition) is 1. The molecular formula is C19H15ClN4OS. The van der Waals surface area contributed by atoms with Crippen LogP contribution in [-0.4, -0.2) is 20.7 Å². The van der Waals surface area contributed by atoms with Gasteiger partial charge in [-0.15, -0.1) is 11.3 Å². The number of rotatable bonds is 4. The fourth-order valence-corrected chi connectivity index (χ4v) is 4.18. The van der Waals surface area contributed by atoms with Gasteiger partial charge in [0.1, 0.15) is 17.5 Å². The zero-order valence-electron chi connectivity index (χ0n) is 13.9. The molecule has 0 radical (unpaired) electrons. The third kappa shape index (κ3) is 3.09. The van der Waals surface area contributed by atoms with E-state index in [9.17, 15) is 4.79 Å². The topological polar surface area (TPSA) is 59.8 Å². The zero-order chi connectivity index (χ0) is 18.1. The maximum Gasteiger partial charge on any atom is 0.263 e. The molecule has 0 saturated heterocycles. The van der Waals surface area contributed by atoms with Crippen molar-refractivity contribution in [2.45, 2.75) is 13.0 Å². The van der Waals surface area contributed by atoms with Crippen molar-refractivity contribution < 1.29 is 4.79 Å². The van der Waals surface area contributed by atoms with Gasteiger partial charge in [-0.1, -0.05) is 41.9 Å². The molecule has 2 heterocycles. The summed E-state index contributed by atoms with van der Waals surface area (Å²) in [4.78, 5) is 17.1. The largest absolute Gasteiger partial charge is 0.345 e. The van der Waals surface area contributed by atoms with Crippen LogP contribution < -0.4 is 5.32 Å². The van der Waals surface area contributed by atoms with Gasteiger partial charge in [-0.3, -0.25) is 4.79 Å². The van der Waals surface area contributed by atoms with Crippen molar-refractivity contribution in [2.75, 3.05) is 0 Å². The minimum atomic E-state index is -0.163. The Bertz CT molecular complexity index is 1060. The molecule has 1 unspecified atom stereocenters. The standard InChI is InChI=1S/C19H15ClN4OS/c1-12(13-6-8-14(9-7-13)24-11-21-10-22-24)23-19(25)18-17(20)15-4-2-3-5-16(15)26-18/h2-12H,1H3,(H,23,25). The van der Waals surface area contributed by atoms with Gasteiger partial charge >= 0.3 is 0 Å². The first-order valence-corrected chi connectivity index (χ1v) is 9.26. The maximum atomic E-state index is 12.7. The van der Waals surface area contributed by atoms with E-state index in [-0.39, 0.29) is 11.9 Å². The number of thiophene rings is 1. The van der Waals surface area contributed by atoms with Crippen LogP contribution in [0.2, 0.25) is 5.02 Å².